The largest absolute Gasteiger partial charge is 0.497 e. The van der Waals surface area contributed by atoms with Gasteiger partial charge in [-0.3, -0.25) is 0 Å². The molecule has 0 aromatic heterocycles. The van der Waals surface area contributed by atoms with Crippen LogP contribution in [0.25, 0.3) is 0 Å². The van der Waals surface area contributed by atoms with Crippen LogP contribution in [0.5, 0.6) is 28.7 Å². The molecule has 1 aliphatic rings. The topological polar surface area (TPSA) is 106 Å². The summed E-state index contributed by atoms with van der Waals surface area (Å²) < 4.78 is 22.6. The van der Waals surface area contributed by atoms with Crippen molar-refractivity contribution in [3.63, 3.8) is 0 Å². The summed E-state index contributed by atoms with van der Waals surface area (Å²) >= 11 is 0. The Kier molecular flexibility index (Phi) is 8.07. The molecule has 1 heterocycles. The van der Waals surface area contributed by atoms with Crippen LogP contribution in [0, 0.1) is 0 Å². The lowest BCUT2D eigenvalue weighted by Gasteiger charge is -2.27. The molecule has 0 saturated heterocycles. The van der Waals surface area contributed by atoms with Gasteiger partial charge >= 0.3 is 5.97 Å². The molecule has 8 nitrogen and oxygen atoms in total. The minimum atomic E-state index is -1.09. The molecule has 0 aliphatic carbocycles. The number of carboxylic acid groups (broad SMARTS) is 1. The van der Waals surface area contributed by atoms with E-state index in [-0.39, 0.29) is 24.0 Å². The fraction of sp³-hybridized carbons (Fsp3) is 0.296. The van der Waals surface area contributed by atoms with Crippen LogP contribution in [0.2, 0.25) is 0 Å². The second-order valence-electron chi connectivity index (χ2n) is 8.25. The Morgan fingerprint density at radius 3 is 2.66 bits per heavy atom. The van der Waals surface area contributed by atoms with Gasteiger partial charge in [-0.05, 0) is 66.9 Å². The Balaban J connectivity index is 1.27. The van der Waals surface area contributed by atoms with E-state index in [4.69, 9.17) is 18.9 Å². The third kappa shape index (κ3) is 6.65. The monoisotopic (exact) mass is 479 g/mol. The van der Waals surface area contributed by atoms with E-state index < -0.39 is 12.1 Å². The average Bonchev–Trinajstić information content (AvgIpc) is 2.88. The smallest absolute Gasteiger partial charge is 0.339 e. The molecular formula is C27H29NO7. The number of carboxylic acids is 1. The van der Waals surface area contributed by atoms with Crippen molar-refractivity contribution < 1.29 is 34.0 Å². The predicted molar refractivity (Wildman–Crippen MR) is 130 cm³/mol. The zero-order valence-electron chi connectivity index (χ0n) is 19.5. The minimum Gasteiger partial charge on any atom is -0.497 e. The number of aryl methyl sites for hydroxylation is 1. The normalized spacial score (nSPS) is 15.4. The number of nitrogens with one attached hydrogen (secondary N) is 1. The molecule has 0 unspecified atom stereocenters. The SMILES string of the molecule is COc1ccc(Oc2ccc3c(c2)CC[C@H](CNC[C@H](O)COc2ccccc2)O3)c(C(=O)O)c1. The van der Waals surface area contributed by atoms with Crippen LogP contribution in [-0.4, -0.2) is 55.2 Å². The number of fused-ring (bicyclic) bond motifs is 1. The first kappa shape index (κ1) is 24.4. The highest BCUT2D eigenvalue weighted by Crippen LogP contribution is 2.34. The number of ether oxygens (including phenoxy) is 4. The number of methoxy groups -OCH3 is 1. The number of aliphatic hydroxyl groups excluding tert-OH is 1. The predicted octanol–water partition coefficient (Wildman–Crippen LogP) is 3.91. The maximum atomic E-state index is 11.6. The van der Waals surface area contributed by atoms with Gasteiger partial charge in [-0.2, -0.15) is 0 Å². The summed E-state index contributed by atoms with van der Waals surface area (Å²) in [6.07, 6.45) is 0.965. The summed E-state index contributed by atoms with van der Waals surface area (Å²) in [5, 5.41) is 22.9. The molecule has 2 atom stereocenters. The highest BCUT2D eigenvalue weighted by Gasteiger charge is 2.21. The molecule has 35 heavy (non-hydrogen) atoms. The molecule has 0 radical (unpaired) electrons. The van der Waals surface area contributed by atoms with Gasteiger partial charge in [0.15, 0.2) is 0 Å². The molecule has 8 heteroatoms. The van der Waals surface area contributed by atoms with E-state index in [1.54, 1.807) is 18.2 Å². The van der Waals surface area contributed by atoms with E-state index >= 15 is 0 Å². The van der Waals surface area contributed by atoms with E-state index in [1.807, 2.05) is 42.5 Å². The Hall–Kier alpha value is -3.75. The fourth-order valence-corrected chi connectivity index (χ4v) is 3.83. The Morgan fingerprint density at radius 1 is 1.09 bits per heavy atom. The third-order valence-electron chi connectivity index (χ3n) is 5.64. The van der Waals surface area contributed by atoms with Crippen molar-refractivity contribution in [2.75, 3.05) is 26.8 Å². The maximum Gasteiger partial charge on any atom is 0.339 e. The van der Waals surface area contributed by atoms with Gasteiger partial charge in [0.05, 0.1) is 7.11 Å². The lowest BCUT2D eigenvalue weighted by Crippen LogP contribution is -2.39. The second kappa shape index (κ2) is 11.6. The highest BCUT2D eigenvalue weighted by atomic mass is 16.5. The van der Waals surface area contributed by atoms with Gasteiger partial charge in [-0.25, -0.2) is 4.79 Å². The van der Waals surface area contributed by atoms with Crippen molar-refractivity contribution in [3.8, 4) is 28.7 Å². The van der Waals surface area contributed by atoms with Gasteiger partial charge < -0.3 is 34.5 Å². The van der Waals surface area contributed by atoms with E-state index in [0.29, 0.717) is 24.6 Å². The van der Waals surface area contributed by atoms with Gasteiger partial charge in [0.1, 0.15) is 53.1 Å². The molecule has 0 saturated carbocycles. The van der Waals surface area contributed by atoms with Gasteiger partial charge in [0, 0.05) is 13.1 Å². The molecule has 3 aromatic rings. The number of para-hydroxylation sites is 1. The van der Waals surface area contributed by atoms with Crippen molar-refractivity contribution in [1.82, 2.24) is 5.32 Å². The number of aliphatic hydroxyl groups is 1. The van der Waals surface area contributed by atoms with Gasteiger partial charge in [0.2, 0.25) is 0 Å². The highest BCUT2D eigenvalue weighted by molar-refractivity contribution is 5.91. The number of hydrogen-bond acceptors (Lipinski definition) is 7. The average molecular weight is 480 g/mol. The Labute approximate surface area is 204 Å². The van der Waals surface area contributed by atoms with Crippen LogP contribution in [-0.2, 0) is 6.42 Å². The zero-order valence-corrected chi connectivity index (χ0v) is 19.5. The molecule has 0 fully saturated rings. The van der Waals surface area contributed by atoms with E-state index in [1.165, 1.54) is 13.2 Å². The lowest BCUT2D eigenvalue weighted by atomic mass is 10.0. The Morgan fingerprint density at radius 2 is 1.89 bits per heavy atom. The van der Waals surface area contributed by atoms with E-state index in [2.05, 4.69) is 5.32 Å². The van der Waals surface area contributed by atoms with Crippen LogP contribution < -0.4 is 24.3 Å². The first-order valence-corrected chi connectivity index (χ1v) is 11.5. The third-order valence-corrected chi connectivity index (χ3v) is 5.64. The standard InChI is InChI=1S/C27H29NO7/c1-32-21-9-12-26(24(14-21)27(30)31)34-22-10-11-25-18(13-22)7-8-23(35-25)16-28-15-19(29)17-33-20-5-3-2-4-6-20/h2-6,9-14,19,23,28-29H,7-8,15-17H2,1H3,(H,30,31)/t19-,23+/m0/s1. The Bertz CT molecular complexity index is 1140. The first-order valence-electron chi connectivity index (χ1n) is 11.5. The van der Waals surface area contributed by atoms with Crippen LogP contribution in [0.15, 0.2) is 66.7 Å². The van der Waals surface area contributed by atoms with Crippen molar-refractivity contribution in [2.24, 2.45) is 0 Å². The van der Waals surface area contributed by atoms with Crippen LogP contribution in [0.3, 0.4) is 0 Å². The summed E-state index contributed by atoms with van der Waals surface area (Å²) in [7, 11) is 1.48. The van der Waals surface area contributed by atoms with Crippen LogP contribution >= 0.6 is 0 Å². The van der Waals surface area contributed by atoms with Crippen molar-refractivity contribution in [1.29, 1.82) is 0 Å². The summed E-state index contributed by atoms with van der Waals surface area (Å²) in [6.45, 7) is 1.22. The summed E-state index contributed by atoms with van der Waals surface area (Å²) in [4.78, 5) is 11.6. The first-order chi connectivity index (χ1) is 17.0. The van der Waals surface area contributed by atoms with Crippen LogP contribution in [0.4, 0.5) is 0 Å². The van der Waals surface area contributed by atoms with Crippen molar-refractivity contribution in [2.45, 2.75) is 25.0 Å². The molecule has 184 valence electrons. The summed E-state index contributed by atoms with van der Waals surface area (Å²) in [6, 6.07) is 19.5. The molecule has 0 spiro atoms. The van der Waals surface area contributed by atoms with E-state index in [9.17, 15) is 15.0 Å². The number of hydrogen-bond donors (Lipinski definition) is 3. The lowest BCUT2D eigenvalue weighted by molar-refractivity contribution is 0.0693. The summed E-state index contributed by atoms with van der Waals surface area (Å²) in [5.41, 5.74) is 1.03. The summed E-state index contributed by atoms with van der Waals surface area (Å²) in [5.74, 6) is 1.64. The number of carbonyl (C=O) groups is 1. The number of aromatic carboxylic acids is 1. The number of rotatable bonds is 11. The second-order valence-corrected chi connectivity index (χ2v) is 8.25. The molecule has 3 aromatic carbocycles. The number of benzene rings is 3. The van der Waals surface area contributed by atoms with Crippen LogP contribution in [0.1, 0.15) is 22.3 Å². The van der Waals surface area contributed by atoms with Gasteiger partial charge in [0.25, 0.3) is 0 Å². The van der Waals surface area contributed by atoms with Gasteiger partial charge in [-0.15, -0.1) is 0 Å². The molecular weight excluding hydrogens is 450 g/mol. The minimum absolute atomic E-state index is 0.0169. The van der Waals surface area contributed by atoms with Crippen molar-refractivity contribution >= 4 is 5.97 Å². The zero-order chi connectivity index (χ0) is 24.6. The van der Waals surface area contributed by atoms with E-state index in [0.717, 1.165) is 29.9 Å². The molecule has 3 N–H and O–H groups in total. The maximum absolute atomic E-state index is 11.6. The molecule has 4 rings (SSSR count). The van der Waals surface area contributed by atoms with Gasteiger partial charge in [-0.1, -0.05) is 18.2 Å². The molecule has 0 bridgehead atoms. The quantitative estimate of drug-likeness (QED) is 0.380. The molecule has 0 amide bonds. The van der Waals surface area contributed by atoms with Crippen molar-refractivity contribution in [3.05, 3.63) is 77.9 Å². The fourth-order valence-electron chi connectivity index (χ4n) is 3.83. The molecule has 1 aliphatic heterocycles.